The largest absolute Gasteiger partial charge is 0.471 e. The highest BCUT2D eigenvalue weighted by Crippen LogP contribution is 2.19. The minimum Gasteiger partial charge on any atom is -0.318 e. The van der Waals surface area contributed by atoms with Gasteiger partial charge in [0.15, 0.2) is 0 Å². The maximum Gasteiger partial charge on any atom is 0.471 e. The topological polar surface area (TPSA) is 83.4 Å². The maximum atomic E-state index is 12.3. The van der Waals surface area contributed by atoms with E-state index in [4.69, 9.17) is 0 Å². The molecule has 0 aliphatic heterocycles. The van der Waals surface area contributed by atoms with Crippen molar-refractivity contribution in [2.75, 3.05) is 5.32 Å². The normalized spacial score (nSPS) is 11.8. The highest BCUT2D eigenvalue weighted by molar-refractivity contribution is 6.02. The highest BCUT2D eigenvalue weighted by Gasteiger charge is 2.38. The Morgan fingerprint density at radius 1 is 1.12 bits per heavy atom. The summed E-state index contributed by atoms with van der Waals surface area (Å²) in [4.78, 5) is 26.6. The zero-order valence-corrected chi connectivity index (χ0v) is 13.0. The van der Waals surface area contributed by atoms with E-state index in [9.17, 15) is 22.8 Å². The molecule has 0 spiro atoms. The van der Waals surface area contributed by atoms with Crippen LogP contribution < -0.4 is 10.7 Å². The summed E-state index contributed by atoms with van der Waals surface area (Å²) in [7, 11) is 0. The predicted molar refractivity (Wildman–Crippen MR) is 85.0 cm³/mol. The van der Waals surface area contributed by atoms with Crippen LogP contribution in [-0.4, -0.2) is 28.7 Å². The zero-order valence-electron chi connectivity index (χ0n) is 13.0. The molecule has 2 amide bonds. The summed E-state index contributed by atoms with van der Waals surface area (Å²) in [6, 6.07) is 8.83. The van der Waals surface area contributed by atoms with Crippen molar-refractivity contribution < 1.29 is 22.8 Å². The minimum absolute atomic E-state index is 0.0343. The van der Waals surface area contributed by atoms with E-state index in [2.05, 4.69) is 15.5 Å². The molecule has 0 unspecified atom stereocenters. The molecule has 0 fully saturated rings. The Balaban J connectivity index is 2.09. The fraction of sp³-hybridized carbons (Fsp3) is 0.125. The van der Waals surface area contributed by atoms with Gasteiger partial charge in [0.25, 0.3) is 5.91 Å². The van der Waals surface area contributed by atoms with Crippen LogP contribution in [0.25, 0.3) is 0 Å². The third-order valence-corrected chi connectivity index (χ3v) is 3.04. The number of alkyl halides is 3. The Morgan fingerprint density at radius 2 is 1.84 bits per heavy atom. The van der Waals surface area contributed by atoms with Crippen LogP contribution in [0, 0.1) is 0 Å². The maximum absolute atomic E-state index is 12.3. The number of hydrogen-bond acceptors (Lipinski definition) is 4. The second kappa shape index (κ2) is 7.56. The lowest BCUT2D eigenvalue weighted by Gasteiger charge is -2.09. The van der Waals surface area contributed by atoms with Gasteiger partial charge in [-0.3, -0.25) is 14.6 Å². The Kier molecular flexibility index (Phi) is 5.48. The number of nitrogens with one attached hydrogen (secondary N) is 2. The first-order valence-electron chi connectivity index (χ1n) is 7.00. The first-order valence-corrected chi connectivity index (χ1v) is 7.00. The van der Waals surface area contributed by atoms with E-state index in [1.165, 1.54) is 30.6 Å². The number of halogens is 3. The molecule has 0 saturated heterocycles. The fourth-order valence-corrected chi connectivity index (χ4v) is 1.78. The van der Waals surface area contributed by atoms with Crippen molar-refractivity contribution in [2.45, 2.75) is 13.1 Å². The summed E-state index contributed by atoms with van der Waals surface area (Å²) in [5.74, 6) is -2.54. The lowest BCUT2D eigenvalue weighted by molar-refractivity contribution is -0.167. The molecule has 2 N–H and O–H groups in total. The summed E-state index contributed by atoms with van der Waals surface area (Å²) in [5, 5.41) is 5.65. The molecule has 0 bridgehead atoms. The molecule has 0 aliphatic rings. The quantitative estimate of drug-likeness (QED) is 0.657. The molecule has 6 nitrogen and oxygen atoms in total. The van der Waals surface area contributed by atoms with Crippen LogP contribution in [0.4, 0.5) is 18.9 Å². The van der Waals surface area contributed by atoms with Gasteiger partial charge in [-0.05, 0) is 36.8 Å². The number of pyridine rings is 1. The van der Waals surface area contributed by atoms with Gasteiger partial charge in [-0.2, -0.15) is 18.3 Å². The van der Waals surface area contributed by atoms with E-state index in [0.717, 1.165) is 0 Å². The van der Waals surface area contributed by atoms with Crippen molar-refractivity contribution in [3.05, 3.63) is 59.9 Å². The Morgan fingerprint density at radius 3 is 2.48 bits per heavy atom. The first-order chi connectivity index (χ1) is 11.8. The average molecular weight is 350 g/mol. The predicted octanol–water partition coefficient (Wildman–Crippen LogP) is 2.74. The number of carbonyl (C=O) groups is 2. The Bertz CT molecular complexity index is 805. The number of rotatable bonds is 4. The van der Waals surface area contributed by atoms with E-state index < -0.39 is 18.0 Å². The van der Waals surface area contributed by atoms with Gasteiger partial charge in [-0.15, -0.1) is 0 Å². The second-order valence-corrected chi connectivity index (χ2v) is 4.91. The number of benzene rings is 1. The van der Waals surface area contributed by atoms with Gasteiger partial charge in [-0.25, -0.2) is 5.43 Å². The van der Waals surface area contributed by atoms with E-state index in [1.54, 1.807) is 30.4 Å². The molecular weight excluding hydrogens is 337 g/mol. The van der Waals surface area contributed by atoms with Gasteiger partial charge in [-0.1, -0.05) is 12.1 Å². The third-order valence-electron chi connectivity index (χ3n) is 3.04. The smallest absolute Gasteiger partial charge is 0.318 e. The van der Waals surface area contributed by atoms with Crippen LogP contribution in [0.3, 0.4) is 0 Å². The molecule has 0 atom stereocenters. The molecule has 0 aliphatic carbocycles. The van der Waals surface area contributed by atoms with Gasteiger partial charge in [0.05, 0.1) is 11.3 Å². The minimum atomic E-state index is -4.98. The fourth-order valence-electron chi connectivity index (χ4n) is 1.78. The number of hydrazone groups is 1. The van der Waals surface area contributed by atoms with Crippen LogP contribution in [0.2, 0.25) is 0 Å². The van der Waals surface area contributed by atoms with Crippen molar-refractivity contribution in [3.8, 4) is 0 Å². The molecule has 9 heteroatoms. The summed E-state index contributed by atoms with van der Waals surface area (Å²) in [6.07, 6.45) is -2.09. The van der Waals surface area contributed by atoms with Crippen molar-refractivity contribution in [1.29, 1.82) is 0 Å². The molecule has 1 aromatic carbocycles. The van der Waals surface area contributed by atoms with Crippen LogP contribution in [0.5, 0.6) is 0 Å². The lowest BCUT2D eigenvalue weighted by Crippen LogP contribution is -2.29. The summed E-state index contributed by atoms with van der Waals surface area (Å²) < 4.78 is 36.8. The second-order valence-electron chi connectivity index (χ2n) is 4.91. The Hall–Kier alpha value is -3.23. The van der Waals surface area contributed by atoms with E-state index in [-0.39, 0.29) is 5.69 Å². The molecule has 1 heterocycles. The van der Waals surface area contributed by atoms with Crippen LogP contribution in [0.1, 0.15) is 22.8 Å². The van der Waals surface area contributed by atoms with Crippen LogP contribution >= 0.6 is 0 Å². The summed E-state index contributed by atoms with van der Waals surface area (Å²) in [6.45, 7) is 1.56. The van der Waals surface area contributed by atoms with Crippen molar-refractivity contribution in [2.24, 2.45) is 5.10 Å². The van der Waals surface area contributed by atoms with Crippen LogP contribution in [-0.2, 0) is 4.79 Å². The number of carbonyl (C=O) groups excluding carboxylic acids is 2. The zero-order chi connectivity index (χ0) is 18.4. The molecule has 130 valence electrons. The van der Waals surface area contributed by atoms with E-state index >= 15 is 0 Å². The van der Waals surface area contributed by atoms with Gasteiger partial charge in [0.2, 0.25) is 0 Å². The molecule has 0 radical (unpaired) electrons. The average Bonchev–Trinajstić information content (AvgIpc) is 2.59. The summed E-state index contributed by atoms with van der Waals surface area (Å²) >= 11 is 0. The van der Waals surface area contributed by atoms with Crippen LogP contribution in [0.15, 0.2) is 53.9 Å². The van der Waals surface area contributed by atoms with E-state index in [0.29, 0.717) is 16.8 Å². The van der Waals surface area contributed by atoms with Crippen molar-refractivity contribution in [3.63, 3.8) is 0 Å². The monoisotopic (exact) mass is 350 g/mol. The molecule has 1 aromatic heterocycles. The van der Waals surface area contributed by atoms with Crippen molar-refractivity contribution in [1.82, 2.24) is 10.4 Å². The van der Waals surface area contributed by atoms with E-state index in [1.807, 2.05) is 0 Å². The van der Waals surface area contributed by atoms with Gasteiger partial charge < -0.3 is 5.32 Å². The molecule has 2 rings (SSSR count). The first kappa shape index (κ1) is 18.1. The SMILES string of the molecule is C/C(=N/NC(=O)c1cccnc1)c1cccc(NC(=O)C(F)(F)F)c1. The summed E-state index contributed by atoms with van der Waals surface area (Å²) in [5.41, 5.74) is 3.38. The highest BCUT2D eigenvalue weighted by atomic mass is 19.4. The lowest BCUT2D eigenvalue weighted by atomic mass is 10.1. The number of nitrogens with zero attached hydrogens (tertiary/aromatic N) is 2. The number of hydrogen-bond donors (Lipinski definition) is 2. The standard InChI is InChI=1S/C16H13F3N4O2/c1-10(22-23-14(24)12-5-3-7-20-9-12)11-4-2-6-13(8-11)21-15(25)16(17,18)19/h2-9H,1H3,(H,21,25)(H,23,24)/b22-10-. The number of anilines is 1. The number of aromatic nitrogens is 1. The molecule has 2 aromatic rings. The van der Waals surface area contributed by atoms with Gasteiger partial charge in [0.1, 0.15) is 0 Å². The molecular formula is C16H13F3N4O2. The third kappa shape index (κ3) is 5.13. The number of amides is 2. The van der Waals surface area contributed by atoms with Gasteiger partial charge >= 0.3 is 12.1 Å². The van der Waals surface area contributed by atoms with Gasteiger partial charge in [0, 0.05) is 18.1 Å². The molecule has 0 saturated carbocycles. The molecule has 25 heavy (non-hydrogen) atoms. The van der Waals surface area contributed by atoms with Crippen molar-refractivity contribution >= 4 is 23.2 Å². The Labute approximate surface area is 140 Å².